The highest BCUT2D eigenvalue weighted by atomic mass is 16.7. The molecule has 5 atom stereocenters. The third kappa shape index (κ3) is 3.20. The Morgan fingerprint density at radius 1 is 1.21 bits per heavy atom. The van der Waals surface area contributed by atoms with E-state index in [1.54, 1.807) is 13.2 Å². The van der Waals surface area contributed by atoms with Crippen LogP contribution in [0.15, 0.2) is 18.7 Å². The Morgan fingerprint density at radius 2 is 1.97 bits per heavy atom. The molecule has 200 valence electrons. The number of hydrogen-bond acceptors (Lipinski definition) is 9. The fourth-order valence-electron chi connectivity index (χ4n) is 7.40. The Balaban J connectivity index is 1.60. The lowest BCUT2D eigenvalue weighted by molar-refractivity contribution is -0.0710. The number of ether oxygens (including phenoxy) is 4. The summed E-state index contributed by atoms with van der Waals surface area (Å²) in [5.74, 6) is 2.78. The van der Waals surface area contributed by atoms with Crippen LogP contribution in [0.25, 0.3) is 0 Å². The summed E-state index contributed by atoms with van der Waals surface area (Å²) < 4.78 is 23.8. The van der Waals surface area contributed by atoms with Crippen molar-refractivity contribution in [3.05, 3.63) is 52.1 Å². The zero-order valence-corrected chi connectivity index (χ0v) is 22.3. The number of piperazine rings is 1. The number of methoxy groups -OCH3 is 1. The number of aromatic hydroxyl groups is 1. The second-order valence-corrected chi connectivity index (χ2v) is 10.6. The Morgan fingerprint density at radius 3 is 2.66 bits per heavy atom. The maximum absolute atomic E-state index is 11.5. The molecule has 0 spiro atoms. The number of hydrogen-bond donors (Lipinski definition) is 2. The predicted octanol–water partition coefficient (Wildman–Crippen LogP) is 3.04. The van der Waals surface area contributed by atoms with E-state index in [9.17, 15) is 10.4 Å². The van der Waals surface area contributed by atoms with Crippen LogP contribution in [-0.2, 0) is 12.8 Å². The van der Waals surface area contributed by atoms with Gasteiger partial charge in [0.15, 0.2) is 23.0 Å². The van der Waals surface area contributed by atoms with Gasteiger partial charge in [-0.15, -0.1) is 0 Å². The summed E-state index contributed by atoms with van der Waals surface area (Å²) in [7, 11) is 3.64. The fourth-order valence-corrected chi connectivity index (χ4v) is 7.40. The third-order valence-corrected chi connectivity index (χ3v) is 8.83. The topological polar surface area (TPSA) is 113 Å². The molecule has 0 radical (unpaired) electrons. The largest absolute Gasteiger partial charge is 0.504 e. The molecule has 2 unspecified atom stereocenters. The number of fused-ring (bicyclic) bond motifs is 9. The average Bonchev–Trinajstić information content (AvgIpc) is 3.39. The van der Waals surface area contributed by atoms with E-state index in [2.05, 4.69) is 35.6 Å². The summed E-state index contributed by atoms with van der Waals surface area (Å²) in [6.07, 6.45) is 2.96. The fraction of sp³-hybridized carbons (Fsp3) is 0.483. The molecular weight excluding hydrogens is 484 g/mol. The lowest BCUT2D eigenvalue weighted by Gasteiger charge is -2.60. The second kappa shape index (κ2) is 9.09. The van der Waals surface area contributed by atoms with Crippen LogP contribution in [0.3, 0.4) is 0 Å². The normalized spacial score (nSPS) is 27.1. The molecule has 0 aliphatic carbocycles. The predicted molar refractivity (Wildman–Crippen MR) is 141 cm³/mol. The van der Waals surface area contributed by atoms with Crippen molar-refractivity contribution < 1.29 is 24.1 Å². The van der Waals surface area contributed by atoms with Crippen molar-refractivity contribution in [2.75, 3.05) is 34.1 Å². The summed E-state index contributed by atoms with van der Waals surface area (Å²) >= 11 is 0. The van der Waals surface area contributed by atoms with E-state index in [0.717, 1.165) is 39.1 Å². The summed E-state index contributed by atoms with van der Waals surface area (Å²) in [5.41, 5.74) is 12.2. The highest BCUT2D eigenvalue weighted by Crippen LogP contribution is 2.58. The van der Waals surface area contributed by atoms with Gasteiger partial charge in [-0.1, -0.05) is 18.7 Å². The van der Waals surface area contributed by atoms with Crippen LogP contribution < -0.4 is 24.7 Å². The van der Waals surface area contributed by atoms with Crippen molar-refractivity contribution in [2.45, 2.75) is 56.9 Å². The van der Waals surface area contributed by atoms with E-state index < -0.39 is 6.04 Å². The molecule has 1 saturated heterocycles. The number of phenols is 1. The Labute approximate surface area is 222 Å². The number of phenolic OH excluding ortho intramolecular Hbond substituents is 1. The molecule has 9 heteroatoms. The lowest BCUT2D eigenvalue weighted by atomic mass is 9.71. The van der Waals surface area contributed by atoms with E-state index in [1.807, 2.05) is 13.8 Å². The standard InChI is InChI=1S/C29H34N4O5/c1-6-7-36-27-15(3)28-29(38-13-37-28)23-17(27)10-19-24-22-16(8-14(2)26(35-5)25(22)34)9-18(32(24)4)20(11-30)33(19)21(23)12-31/h6,8,18-21,24,34H,1,7,9-10,12-13,31H2,2-5H3/t18-,19?,20?,21+,24+/m1/s1. The number of benzene rings is 2. The van der Waals surface area contributed by atoms with Gasteiger partial charge >= 0.3 is 0 Å². The highest BCUT2D eigenvalue weighted by molar-refractivity contribution is 5.66. The molecular formula is C29H34N4O5. The molecule has 4 aliphatic rings. The molecule has 38 heavy (non-hydrogen) atoms. The first-order valence-electron chi connectivity index (χ1n) is 13.0. The van der Waals surface area contributed by atoms with Crippen molar-refractivity contribution in [3.63, 3.8) is 0 Å². The molecule has 6 rings (SSSR count). The SMILES string of the molecule is C=CCOc1c(C)c2c(c3c1CC1[C@H]4c5c(cc(C)c(OC)c5O)C[C@H](C(C#N)N1[C@H]3CN)N4C)OCO2. The highest BCUT2D eigenvalue weighted by Gasteiger charge is 2.56. The van der Waals surface area contributed by atoms with Gasteiger partial charge in [0.05, 0.1) is 25.3 Å². The van der Waals surface area contributed by atoms with Crippen LogP contribution in [0.2, 0.25) is 0 Å². The third-order valence-electron chi connectivity index (χ3n) is 8.83. The molecule has 4 heterocycles. The number of nitrogens with two attached hydrogens (primary N) is 1. The number of nitriles is 1. The Bertz CT molecular complexity index is 1370. The van der Waals surface area contributed by atoms with E-state index in [-0.39, 0.29) is 36.7 Å². The number of aryl methyl sites for hydroxylation is 1. The van der Waals surface area contributed by atoms with Gasteiger partial charge in [-0.3, -0.25) is 9.80 Å². The zero-order valence-electron chi connectivity index (χ0n) is 22.3. The quantitative estimate of drug-likeness (QED) is 0.577. The minimum Gasteiger partial charge on any atom is -0.504 e. The monoisotopic (exact) mass is 518 g/mol. The van der Waals surface area contributed by atoms with Crippen molar-refractivity contribution >= 4 is 0 Å². The van der Waals surface area contributed by atoms with Crippen molar-refractivity contribution in [1.29, 1.82) is 5.26 Å². The minimum atomic E-state index is -0.405. The molecule has 2 aromatic carbocycles. The van der Waals surface area contributed by atoms with Crippen molar-refractivity contribution in [2.24, 2.45) is 5.73 Å². The van der Waals surface area contributed by atoms with Gasteiger partial charge in [0.1, 0.15) is 18.4 Å². The molecule has 9 nitrogen and oxygen atoms in total. The first kappa shape index (κ1) is 24.9. The van der Waals surface area contributed by atoms with Crippen LogP contribution >= 0.6 is 0 Å². The van der Waals surface area contributed by atoms with Crippen LogP contribution in [0, 0.1) is 25.2 Å². The zero-order chi connectivity index (χ0) is 26.9. The summed E-state index contributed by atoms with van der Waals surface area (Å²) in [4.78, 5) is 4.52. The molecule has 2 aromatic rings. The number of likely N-dealkylation sites (N-methyl/N-ethyl adjacent to an activating group) is 1. The lowest BCUT2D eigenvalue weighted by Crippen LogP contribution is -2.68. The Kier molecular flexibility index (Phi) is 5.94. The van der Waals surface area contributed by atoms with Gasteiger partial charge in [-0.05, 0) is 44.9 Å². The van der Waals surface area contributed by atoms with E-state index in [1.165, 1.54) is 0 Å². The average molecular weight is 519 g/mol. The van der Waals surface area contributed by atoms with Crippen LogP contribution in [-0.4, -0.2) is 67.1 Å². The molecule has 4 aliphatic heterocycles. The maximum atomic E-state index is 11.5. The molecule has 0 saturated carbocycles. The molecule has 3 N–H and O–H groups in total. The van der Waals surface area contributed by atoms with Crippen molar-refractivity contribution in [1.82, 2.24) is 9.80 Å². The minimum absolute atomic E-state index is 0.0660. The summed E-state index contributed by atoms with van der Waals surface area (Å²) in [5, 5.41) is 22.0. The van der Waals surface area contributed by atoms with Crippen molar-refractivity contribution in [3.8, 4) is 34.8 Å². The van der Waals surface area contributed by atoms with Gasteiger partial charge in [-0.25, -0.2) is 0 Å². The van der Waals surface area contributed by atoms with Gasteiger partial charge in [0.2, 0.25) is 6.79 Å². The molecule has 1 fully saturated rings. The molecule has 2 bridgehead atoms. The first-order valence-corrected chi connectivity index (χ1v) is 13.0. The number of rotatable bonds is 5. The van der Waals surface area contributed by atoms with E-state index in [4.69, 9.17) is 24.7 Å². The molecule has 0 aromatic heterocycles. The van der Waals surface area contributed by atoms with Crippen LogP contribution in [0.4, 0.5) is 0 Å². The summed E-state index contributed by atoms with van der Waals surface area (Å²) in [6, 6.07) is 3.64. The van der Waals surface area contributed by atoms with Gasteiger partial charge < -0.3 is 29.8 Å². The van der Waals surface area contributed by atoms with Crippen LogP contribution in [0.5, 0.6) is 28.7 Å². The second-order valence-electron chi connectivity index (χ2n) is 10.6. The van der Waals surface area contributed by atoms with Gasteiger partial charge in [0.25, 0.3) is 0 Å². The van der Waals surface area contributed by atoms with Crippen LogP contribution in [0.1, 0.15) is 45.5 Å². The Hall–Kier alpha value is -3.45. The van der Waals surface area contributed by atoms with E-state index >= 15 is 0 Å². The van der Waals surface area contributed by atoms with E-state index in [0.29, 0.717) is 43.2 Å². The first-order chi connectivity index (χ1) is 18.4. The maximum Gasteiger partial charge on any atom is 0.231 e. The molecule has 0 amide bonds. The van der Waals surface area contributed by atoms with Gasteiger partial charge in [-0.2, -0.15) is 5.26 Å². The van der Waals surface area contributed by atoms with Gasteiger partial charge in [0, 0.05) is 40.9 Å². The number of nitrogens with zero attached hydrogens (tertiary/aromatic N) is 3. The smallest absolute Gasteiger partial charge is 0.231 e. The summed E-state index contributed by atoms with van der Waals surface area (Å²) in [6.45, 7) is 8.52.